The number of hydrogen-bond donors (Lipinski definition) is 3. The Labute approximate surface area is 126 Å². The summed E-state index contributed by atoms with van der Waals surface area (Å²) in [5.74, 6) is 0.996. The molecule has 2 rings (SSSR count). The van der Waals surface area contributed by atoms with E-state index in [4.69, 9.17) is 5.21 Å². The summed E-state index contributed by atoms with van der Waals surface area (Å²) in [6, 6.07) is 4.74. The molecule has 1 fully saturated rings. The molecule has 112 valence electrons. The standard InChI is InChI=1S/C16H22N4O/c1-11-9-12(2)16(13(3)15(11)10-19-21)18-6-8-20-7-5-17-14(20)4/h9,17-18H,4-8H2,1-3H3/p+1. The Balaban J connectivity index is 2.10. The predicted octanol–water partition coefficient (Wildman–Crippen LogP) is 2.47. The maximum Gasteiger partial charge on any atom is 0.388 e. The lowest BCUT2D eigenvalue weighted by Crippen LogP contribution is -2.26. The van der Waals surface area contributed by atoms with Crippen LogP contribution in [0.4, 0.5) is 5.69 Å². The van der Waals surface area contributed by atoms with Crippen LogP contribution in [-0.2, 0) is 0 Å². The molecule has 3 N–H and O–H groups in total. The molecule has 1 saturated heterocycles. The van der Waals surface area contributed by atoms with E-state index in [9.17, 15) is 0 Å². The number of benzene rings is 1. The van der Waals surface area contributed by atoms with E-state index in [1.807, 2.05) is 13.8 Å². The van der Waals surface area contributed by atoms with Crippen LogP contribution in [0.25, 0.3) is 5.01 Å². The van der Waals surface area contributed by atoms with Gasteiger partial charge in [0.25, 0.3) is 0 Å². The fourth-order valence-corrected chi connectivity index (χ4v) is 2.82. The molecule has 0 bridgehead atoms. The first-order chi connectivity index (χ1) is 10.0. The molecule has 1 aliphatic rings. The number of aryl methyl sites for hydroxylation is 2. The fourth-order valence-electron chi connectivity index (χ4n) is 2.82. The Hall–Kier alpha value is -2.35. The van der Waals surface area contributed by atoms with Gasteiger partial charge >= 0.3 is 6.07 Å². The van der Waals surface area contributed by atoms with Crippen molar-refractivity contribution >= 4 is 5.69 Å². The quantitative estimate of drug-likeness (QED) is 0.745. The zero-order valence-electron chi connectivity index (χ0n) is 13.0. The highest BCUT2D eigenvalue weighted by Gasteiger charge is 2.16. The minimum Gasteiger partial charge on any atom is -0.383 e. The van der Waals surface area contributed by atoms with Crippen LogP contribution in [-0.4, -0.2) is 36.3 Å². The number of hydrogen-bond acceptors (Lipinski definition) is 4. The third-order valence-electron chi connectivity index (χ3n) is 3.91. The van der Waals surface area contributed by atoms with Gasteiger partial charge in [-0.15, -0.1) is 0 Å². The first-order valence-electron chi connectivity index (χ1n) is 7.17. The van der Waals surface area contributed by atoms with Gasteiger partial charge in [-0.1, -0.05) is 12.6 Å². The maximum absolute atomic E-state index is 8.75. The lowest BCUT2D eigenvalue weighted by Gasteiger charge is -2.20. The zero-order valence-corrected chi connectivity index (χ0v) is 13.0. The van der Waals surface area contributed by atoms with E-state index < -0.39 is 0 Å². The largest absolute Gasteiger partial charge is 0.388 e. The van der Waals surface area contributed by atoms with Gasteiger partial charge in [-0.3, -0.25) is 0 Å². The van der Waals surface area contributed by atoms with Crippen molar-refractivity contribution in [3.8, 4) is 6.07 Å². The average Bonchev–Trinajstić information content (AvgIpc) is 2.84. The lowest BCUT2D eigenvalue weighted by molar-refractivity contribution is 0.412. The molecule has 21 heavy (non-hydrogen) atoms. The highest BCUT2D eigenvalue weighted by atomic mass is 16.4. The third-order valence-corrected chi connectivity index (χ3v) is 3.91. The molecular weight excluding hydrogens is 264 g/mol. The van der Waals surface area contributed by atoms with Gasteiger partial charge in [-0.05, 0) is 37.5 Å². The smallest absolute Gasteiger partial charge is 0.383 e. The van der Waals surface area contributed by atoms with E-state index in [2.05, 4.69) is 46.2 Å². The summed E-state index contributed by atoms with van der Waals surface area (Å²) < 4.78 is 0. The molecular formula is C16H23N4O+. The SMILES string of the molecule is C=C1NCCN1CCNc1c(C)cc(C)c(C#[N+]O)c1C. The van der Waals surface area contributed by atoms with Crippen molar-refractivity contribution in [2.75, 3.05) is 31.5 Å². The van der Waals surface area contributed by atoms with Gasteiger partial charge < -0.3 is 15.5 Å². The van der Waals surface area contributed by atoms with Crippen molar-refractivity contribution < 1.29 is 5.21 Å². The van der Waals surface area contributed by atoms with Crippen molar-refractivity contribution in [3.63, 3.8) is 0 Å². The molecule has 1 heterocycles. The topological polar surface area (TPSA) is 51.9 Å². The summed E-state index contributed by atoms with van der Waals surface area (Å²) >= 11 is 0. The third kappa shape index (κ3) is 3.22. The molecule has 0 amide bonds. The monoisotopic (exact) mass is 287 g/mol. The van der Waals surface area contributed by atoms with E-state index in [1.165, 1.54) is 5.56 Å². The fraction of sp³-hybridized carbons (Fsp3) is 0.438. The summed E-state index contributed by atoms with van der Waals surface area (Å²) in [7, 11) is 0. The molecule has 0 aliphatic carbocycles. The minimum atomic E-state index is 0.834. The lowest BCUT2D eigenvalue weighted by atomic mass is 9.98. The molecule has 0 radical (unpaired) electrons. The van der Waals surface area contributed by atoms with Crippen LogP contribution in [0, 0.1) is 26.8 Å². The van der Waals surface area contributed by atoms with Crippen LogP contribution in [0.2, 0.25) is 0 Å². The van der Waals surface area contributed by atoms with Gasteiger partial charge in [0.2, 0.25) is 5.01 Å². The molecule has 5 heteroatoms. The van der Waals surface area contributed by atoms with Crippen molar-refractivity contribution in [1.29, 1.82) is 0 Å². The highest BCUT2D eigenvalue weighted by Crippen LogP contribution is 2.26. The molecule has 0 saturated carbocycles. The molecule has 5 nitrogen and oxygen atoms in total. The Morgan fingerprint density at radius 1 is 1.43 bits per heavy atom. The Bertz CT molecular complexity index is 613. The second-order valence-corrected chi connectivity index (χ2v) is 5.38. The first kappa shape index (κ1) is 15.0. The van der Waals surface area contributed by atoms with Crippen molar-refractivity contribution in [3.05, 3.63) is 45.7 Å². The second kappa shape index (κ2) is 6.40. The van der Waals surface area contributed by atoms with Crippen molar-refractivity contribution in [1.82, 2.24) is 10.2 Å². The number of nitrogens with zero attached hydrogens (tertiary/aromatic N) is 2. The van der Waals surface area contributed by atoms with Gasteiger partial charge in [-0.2, -0.15) is 5.21 Å². The molecule has 1 aromatic rings. The van der Waals surface area contributed by atoms with Gasteiger partial charge in [0.15, 0.2) is 0 Å². The summed E-state index contributed by atoms with van der Waals surface area (Å²) in [6.45, 7) is 13.8. The normalized spacial score (nSPS) is 13.7. The average molecular weight is 287 g/mol. The zero-order chi connectivity index (χ0) is 15.4. The molecule has 1 aromatic carbocycles. The van der Waals surface area contributed by atoms with E-state index in [-0.39, 0.29) is 0 Å². The maximum atomic E-state index is 8.75. The molecule has 1 aliphatic heterocycles. The summed E-state index contributed by atoms with van der Waals surface area (Å²) in [5.41, 5.74) is 5.24. The molecule has 0 aromatic heterocycles. The Kier molecular flexibility index (Phi) is 4.59. The summed E-state index contributed by atoms with van der Waals surface area (Å²) in [6.07, 6.45) is 0. The van der Waals surface area contributed by atoms with Crippen LogP contribution in [0.15, 0.2) is 18.5 Å². The van der Waals surface area contributed by atoms with Gasteiger partial charge in [0.1, 0.15) is 5.56 Å². The van der Waals surface area contributed by atoms with Crippen molar-refractivity contribution in [2.45, 2.75) is 20.8 Å². The van der Waals surface area contributed by atoms with Crippen LogP contribution < -0.4 is 10.6 Å². The predicted molar refractivity (Wildman–Crippen MR) is 86.0 cm³/mol. The van der Waals surface area contributed by atoms with Crippen LogP contribution >= 0.6 is 0 Å². The summed E-state index contributed by atoms with van der Waals surface area (Å²) in [4.78, 5) is 2.23. The molecule has 0 atom stereocenters. The summed E-state index contributed by atoms with van der Waals surface area (Å²) in [5, 5.41) is 18.5. The van der Waals surface area contributed by atoms with E-state index in [1.54, 1.807) is 0 Å². The van der Waals surface area contributed by atoms with E-state index >= 15 is 0 Å². The van der Waals surface area contributed by atoms with E-state index in [0.29, 0.717) is 0 Å². The second-order valence-electron chi connectivity index (χ2n) is 5.38. The Morgan fingerprint density at radius 2 is 2.19 bits per heavy atom. The van der Waals surface area contributed by atoms with Crippen LogP contribution in [0.3, 0.4) is 0 Å². The van der Waals surface area contributed by atoms with Crippen LogP contribution in [0.5, 0.6) is 0 Å². The molecule has 0 unspecified atom stereocenters. The van der Waals surface area contributed by atoms with Crippen LogP contribution in [0.1, 0.15) is 22.3 Å². The molecule has 0 spiro atoms. The number of rotatable bonds is 4. The first-order valence-corrected chi connectivity index (χ1v) is 7.17. The van der Waals surface area contributed by atoms with E-state index in [0.717, 1.165) is 54.4 Å². The van der Waals surface area contributed by atoms with Crippen molar-refractivity contribution in [2.24, 2.45) is 0 Å². The van der Waals surface area contributed by atoms with Gasteiger partial charge in [-0.25, -0.2) is 0 Å². The van der Waals surface area contributed by atoms with Gasteiger partial charge in [0.05, 0.1) is 5.82 Å². The minimum absolute atomic E-state index is 0.834. The Morgan fingerprint density at radius 3 is 2.81 bits per heavy atom. The van der Waals surface area contributed by atoms with Gasteiger partial charge in [0, 0.05) is 31.9 Å². The number of nitrogens with one attached hydrogen (secondary N) is 2. The number of anilines is 1. The highest BCUT2D eigenvalue weighted by molar-refractivity contribution is 5.65.